The molecule has 2 aromatic carbocycles. The second-order valence-electron chi connectivity index (χ2n) is 7.34. The number of urea groups is 1. The molecular formula is C22H20FN5O5. The number of anilines is 2. The average molecular weight is 453 g/mol. The zero-order valence-corrected chi connectivity index (χ0v) is 17.7. The number of hydrogen-bond acceptors (Lipinski definition) is 6. The molecule has 170 valence electrons. The minimum absolute atomic E-state index is 0.171. The third-order valence-corrected chi connectivity index (χ3v) is 4.62. The van der Waals surface area contributed by atoms with Crippen molar-refractivity contribution in [3.8, 4) is 0 Å². The van der Waals surface area contributed by atoms with E-state index in [1.165, 1.54) is 42.5 Å². The smallest absolute Gasteiger partial charge is 0.326 e. The molecule has 33 heavy (non-hydrogen) atoms. The molecular weight excluding hydrogens is 433 g/mol. The molecule has 0 unspecified atom stereocenters. The van der Waals surface area contributed by atoms with E-state index in [0.29, 0.717) is 10.6 Å². The fraction of sp³-hybridized carbons (Fsp3) is 0.182. The minimum atomic E-state index is -1.56. The Labute approximate surface area is 187 Å². The van der Waals surface area contributed by atoms with Crippen LogP contribution in [-0.4, -0.2) is 35.9 Å². The van der Waals surface area contributed by atoms with Gasteiger partial charge >= 0.3 is 6.03 Å². The number of imide groups is 2. The molecule has 10 nitrogen and oxygen atoms in total. The van der Waals surface area contributed by atoms with Crippen LogP contribution in [-0.2, 0) is 14.4 Å². The first kappa shape index (κ1) is 23.3. The van der Waals surface area contributed by atoms with Crippen LogP contribution in [0.5, 0.6) is 0 Å². The third kappa shape index (κ3) is 5.26. The largest absolute Gasteiger partial charge is 0.335 e. The Kier molecular flexibility index (Phi) is 6.91. The van der Waals surface area contributed by atoms with Crippen molar-refractivity contribution in [1.82, 2.24) is 10.7 Å². The van der Waals surface area contributed by atoms with E-state index >= 15 is 0 Å². The van der Waals surface area contributed by atoms with E-state index in [9.17, 15) is 28.4 Å². The second kappa shape index (κ2) is 9.81. The molecule has 0 bridgehead atoms. The number of hydrazone groups is 1. The van der Waals surface area contributed by atoms with Gasteiger partial charge in [0, 0.05) is 23.4 Å². The van der Waals surface area contributed by atoms with E-state index < -0.39 is 35.5 Å². The quantitative estimate of drug-likeness (QED) is 0.349. The number of hydrogen-bond donors (Lipinski definition) is 3. The lowest BCUT2D eigenvalue weighted by atomic mass is 10.1. The Hall–Kier alpha value is -4.41. The molecule has 0 aliphatic carbocycles. The number of rotatable bonds is 6. The Morgan fingerprint density at radius 2 is 1.76 bits per heavy atom. The monoisotopic (exact) mass is 453 g/mol. The lowest BCUT2D eigenvalue weighted by Crippen LogP contribution is -2.59. The van der Waals surface area contributed by atoms with Crippen LogP contribution in [0.3, 0.4) is 0 Å². The summed E-state index contributed by atoms with van der Waals surface area (Å²) in [5.41, 5.74) is 2.57. The lowest BCUT2D eigenvalue weighted by Gasteiger charge is -2.28. The van der Waals surface area contributed by atoms with Crippen molar-refractivity contribution in [2.24, 2.45) is 16.9 Å². The summed E-state index contributed by atoms with van der Waals surface area (Å²) in [6.45, 7) is 3.50. The predicted octanol–water partition coefficient (Wildman–Crippen LogP) is 2.03. The van der Waals surface area contributed by atoms with Crippen LogP contribution in [0.2, 0.25) is 0 Å². The van der Waals surface area contributed by atoms with Gasteiger partial charge in [0.05, 0.1) is 5.69 Å². The van der Waals surface area contributed by atoms with Crippen LogP contribution in [0.15, 0.2) is 53.6 Å². The number of nitrogens with one attached hydrogen (secondary N) is 3. The van der Waals surface area contributed by atoms with Gasteiger partial charge in [-0.25, -0.2) is 19.5 Å². The Morgan fingerprint density at radius 3 is 2.39 bits per heavy atom. The second-order valence-corrected chi connectivity index (χ2v) is 7.34. The highest BCUT2D eigenvalue weighted by Crippen LogP contribution is 2.23. The van der Waals surface area contributed by atoms with E-state index in [4.69, 9.17) is 0 Å². The summed E-state index contributed by atoms with van der Waals surface area (Å²) < 4.78 is 14.1. The molecule has 2 aromatic rings. The van der Waals surface area contributed by atoms with Gasteiger partial charge in [-0.3, -0.25) is 24.5 Å². The lowest BCUT2D eigenvalue weighted by molar-refractivity contribution is -0.131. The molecule has 1 fully saturated rings. The fourth-order valence-corrected chi connectivity index (χ4v) is 2.81. The molecule has 11 heteroatoms. The summed E-state index contributed by atoms with van der Waals surface area (Å²) >= 11 is 0. The van der Waals surface area contributed by atoms with Gasteiger partial charge in [0.25, 0.3) is 11.8 Å². The summed E-state index contributed by atoms with van der Waals surface area (Å²) in [6.07, 6.45) is 0.854. The number of para-hydroxylation sites is 1. The Bertz CT molecular complexity index is 1150. The van der Waals surface area contributed by atoms with E-state index in [0.717, 1.165) is 12.3 Å². The normalized spacial score (nSPS) is 16.2. The number of benzene rings is 2. The van der Waals surface area contributed by atoms with Gasteiger partial charge in [0.2, 0.25) is 11.8 Å². The van der Waals surface area contributed by atoms with Crippen LogP contribution in [0.1, 0.15) is 24.2 Å². The first-order valence-corrected chi connectivity index (χ1v) is 9.87. The number of halogens is 1. The molecule has 3 rings (SSSR count). The summed E-state index contributed by atoms with van der Waals surface area (Å²) in [5, 5.41) is 8.28. The van der Waals surface area contributed by atoms with Gasteiger partial charge in [-0.15, -0.1) is 0 Å². The van der Waals surface area contributed by atoms with E-state index in [-0.39, 0.29) is 23.1 Å². The van der Waals surface area contributed by atoms with Crippen molar-refractivity contribution >= 4 is 47.2 Å². The molecule has 1 atom stereocenters. The molecule has 1 saturated heterocycles. The van der Waals surface area contributed by atoms with Crippen molar-refractivity contribution in [1.29, 1.82) is 0 Å². The van der Waals surface area contributed by atoms with Crippen LogP contribution in [0.4, 0.5) is 20.6 Å². The van der Waals surface area contributed by atoms with E-state index in [2.05, 4.69) is 15.8 Å². The third-order valence-electron chi connectivity index (χ3n) is 4.62. The van der Waals surface area contributed by atoms with E-state index in [1.54, 1.807) is 13.8 Å². The van der Waals surface area contributed by atoms with Gasteiger partial charge in [0.15, 0.2) is 5.92 Å². The van der Waals surface area contributed by atoms with Crippen LogP contribution in [0, 0.1) is 17.7 Å². The van der Waals surface area contributed by atoms with Crippen molar-refractivity contribution in [3.63, 3.8) is 0 Å². The molecule has 1 heterocycles. The number of carbonyl (C=O) groups is 5. The predicted molar refractivity (Wildman–Crippen MR) is 117 cm³/mol. The van der Waals surface area contributed by atoms with Crippen LogP contribution < -0.4 is 21.0 Å². The summed E-state index contributed by atoms with van der Waals surface area (Å²) in [6, 6.07) is 9.99. The maximum absolute atomic E-state index is 14.1. The highest BCUT2D eigenvalue weighted by molar-refractivity contribution is 6.32. The zero-order chi connectivity index (χ0) is 24.1. The first-order valence-electron chi connectivity index (χ1n) is 9.87. The molecule has 0 saturated carbocycles. The molecule has 0 aromatic heterocycles. The molecule has 0 radical (unpaired) electrons. The highest BCUT2D eigenvalue weighted by atomic mass is 19.1. The minimum Gasteiger partial charge on any atom is -0.326 e. The maximum atomic E-state index is 14.1. The summed E-state index contributed by atoms with van der Waals surface area (Å²) in [7, 11) is 0. The molecule has 1 aliphatic rings. The SMILES string of the molecule is CC(C)C(=O)Nc1ccc(C(=O)N/N=C\[C@H]2C(=O)NC(=O)N(c3ccccc3F)C2=O)cc1. The number of amides is 6. The Balaban J connectivity index is 1.67. The maximum Gasteiger partial charge on any atom is 0.335 e. The Morgan fingerprint density at radius 1 is 1.09 bits per heavy atom. The molecule has 3 N–H and O–H groups in total. The molecule has 0 spiro atoms. The van der Waals surface area contributed by atoms with Gasteiger partial charge in [-0.05, 0) is 36.4 Å². The summed E-state index contributed by atoms with van der Waals surface area (Å²) in [5.74, 6) is -5.37. The topological polar surface area (TPSA) is 137 Å². The van der Waals surface area contributed by atoms with Gasteiger partial charge in [-0.1, -0.05) is 26.0 Å². The highest BCUT2D eigenvalue weighted by Gasteiger charge is 2.41. The van der Waals surface area contributed by atoms with Gasteiger partial charge in [-0.2, -0.15) is 5.10 Å². The fourth-order valence-electron chi connectivity index (χ4n) is 2.81. The zero-order valence-electron chi connectivity index (χ0n) is 17.7. The van der Waals surface area contributed by atoms with Crippen molar-refractivity contribution in [2.75, 3.05) is 10.2 Å². The van der Waals surface area contributed by atoms with Crippen LogP contribution in [0.25, 0.3) is 0 Å². The van der Waals surface area contributed by atoms with Gasteiger partial charge in [0.1, 0.15) is 5.82 Å². The first-order chi connectivity index (χ1) is 15.7. The average Bonchev–Trinajstić information content (AvgIpc) is 2.77. The van der Waals surface area contributed by atoms with E-state index in [1.807, 2.05) is 5.32 Å². The molecule has 6 amide bonds. The number of carbonyl (C=O) groups excluding carboxylic acids is 5. The van der Waals surface area contributed by atoms with Crippen molar-refractivity contribution in [3.05, 3.63) is 59.9 Å². The standard InChI is InChI=1S/C22H20FN5O5/c1-12(2)18(29)25-14-9-7-13(8-10-14)19(30)27-24-11-15-20(31)26-22(33)28(21(15)32)17-6-4-3-5-16(17)23/h3-12,15H,1-2H3,(H,25,29)(H,27,30)(H,26,31,33)/b24-11-/t15-/m0/s1. The van der Waals surface area contributed by atoms with Crippen molar-refractivity contribution < 1.29 is 28.4 Å². The van der Waals surface area contributed by atoms with Crippen molar-refractivity contribution in [2.45, 2.75) is 13.8 Å². The van der Waals surface area contributed by atoms with Crippen LogP contribution >= 0.6 is 0 Å². The summed E-state index contributed by atoms with van der Waals surface area (Å²) in [4.78, 5) is 61.3. The number of barbiturate groups is 1. The number of nitrogens with zero attached hydrogens (tertiary/aromatic N) is 2. The van der Waals surface area contributed by atoms with Gasteiger partial charge < -0.3 is 5.32 Å². The molecule has 1 aliphatic heterocycles.